The van der Waals surface area contributed by atoms with Crippen molar-refractivity contribution in [2.45, 2.75) is 56.5 Å². The van der Waals surface area contributed by atoms with Gasteiger partial charge in [0.25, 0.3) is 0 Å². The molecule has 1 aromatic carbocycles. The lowest BCUT2D eigenvalue weighted by Gasteiger charge is -2.07. The highest BCUT2D eigenvalue weighted by Gasteiger charge is 2.52. The predicted molar refractivity (Wildman–Crippen MR) is 82.1 cm³/mol. The van der Waals surface area contributed by atoms with E-state index in [1.165, 1.54) is 0 Å². The van der Waals surface area contributed by atoms with Gasteiger partial charge in [0.2, 0.25) is 10.0 Å². The normalized spacial score (nSPS) is 25.4. The van der Waals surface area contributed by atoms with Crippen LogP contribution in [-0.4, -0.2) is 24.8 Å². The second-order valence-electron chi connectivity index (χ2n) is 5.44. The van der Waals surface area contributed by atoms with Gasteiger partial charge in [-0.05, 0) is 25.5 Å². The highest BCUT2D eigenvalue weighted by atomic mass is 32.2. The first kappa shape index (κ1) is 15.3. The summed E-state index contributed by atoms with van der Waals surface area (Å²) < 4.78 is 26.8. The topological polar surface area (TPSA) is 37.1 Å². The molecule has 0 N–H and O–H groups in total. The van der Waals surface area contributed by atoms with E-state index in [0.29, 0.717) is 4.90 Å². The Balaban J connectivity index is 2.13. The molecular weight excluding hydrogens is 270 g/mol. The maximum Gasteiger partial charge on any atom is 0.243 e. The molecule has 0 aromatic heterocycles. The van der Waals surface area contributed by atoms with Crippen LogP contribution in [0.15, 0.2) is 41.8 Å². The molecule has 0 spiro atoms. The van der Waals surface area contributed by atoms with E-state index < -0.39 is 10.0 Å². The quantitative estimate of drug-likeness (QED) is 0.438. The molecule has 1 aromatic rings. The Morgan fingerprint density at radius 3 is 2.45 bits per heavy atom. The van der Waals surface area contributed by atoms with Gasteiger partial charge in [-0.2, -0.15) is 4.31 Å². The molecule has 1 heterocycles. The molecule has 1 aliphatic heterocycles. The highest BCUT2D eigenvalue weighted by molar-refractivity contribution is 7.89. The molecule has 0 bridgehead atoms. The van der Waals surface area contributed by atoms with Gasteiger partial charge in [-0.3, -0.25) is 0 Å². The third-order valence-corrected chi connectivity index (χ3v) is 5.80. The van der Waals surface area contributed by atoms with E-state index >= 15 is 0 Å². The molecule has 110 valence electrons. The average molecular weight is 293 g/mol. The number of unbranched alkanes of at least 4 members (excludes halogenated alkanes) is 2. The first-order valence-corrected chi connectivity index (χ1v) is 8.69. The van der Waals surface area contributed by atoms with Gasteiger partial charge < -0.3 is 0 Å². The summed E-state index contributed by atoms with van der Waals surface area (Å²) in [6.07, 6.45) is 6.05. The average Bonchev–Trinajstić information content (AvgIpc) is 3.14. The SMILES string of the molecule is C=C[C@@H]1[C@@H](CCCCC)N1S(=O)(=O)c1ccc(C)cc1. The number of aryl methyl sites for hydroxylation is 1. The third kappa shape index (κ3) is 2.96. The standard InChI is InChI=1S/C16H23NO2S/c1-4-6-7-8-16-15(5-2)17(16)20(18,19)14-11-9-13(3)10-12-14/h5,9-12,15-16H,2,4,6-8H2,1,3H3/t15-,16-,17?/m1/s1. The summed E-state index contributed by atoms with van der Waals surface area (Å²) >= 11 is 0. The van der Waals surface area contributed by atoms with Crippen LogP contribution in [-0.2, 0) is 10.0 Å². The Kier molecular flexibility index (Phi) is 4.66. The molecule has 4 heteroatoms. The summed E-state index contributed by atoms with van der Waals surface area (Å²) in [5.41, 5.74) is 1.06. The first-order chi connectivity index (χ1) is 9.52. The van der Waals surface area contributed by atoms with Crippen LogP contribution in [0.25, 0.3) is 0 Å². The van der Waals surface area contributed by atoms with Crippen LogP contribution in [0.3, 0.4) is 0 Å². The minimum absolute atomic E-state index is 0.0295. The largest absolute Gasteiger partial charge is 0.243 e. The van der Waals surface area contributed by atoms with Crippen molar-refractivity contribution in [2.24, 2.45) is 0 Å². The third-order valence-electron chi connectivity index (χ3n) is 3.87. The molecule has 1 aliphatic rings. The number of hydrogen-bond acceptors (Lipinski definition) is 2. The predicted octanol–water partition coefficient (Wildman–Crippen LogP) is 3.50. The fraction of sp³-hybridized carbons (Fsp3) is 0.500. The maximum atomic E-state index is 12.6. The van der Waals surface area contributed by atoms with Gasteiger partial charge in [0.1, 0.15) is 0 Å². The maximum absolute atomic E-state index is 12.6. The number of benzene rings is 1. The van der Waals surface area contributed by atoms with Crippen LogP contribution in [0.5, 0.6) is 0 Å². The van der Waals surface area contributed by atoms with Crippen LogP contribution in [0, 0.1) is 6.92 Å². The summed E-state index contributed by atoms with van der Waals surface area (Å²) in [5.74, 6) is 0. The molecular formula is C16H23NO2S. The van der Waals surface area contributed by atoms with Crippen molar-refractivity contribution < 1.29 is 8.42 Å². The van der Waals surface area contributed by atoms with E-state index in [1.807, 2.05) is 19.1 Å². The Labute approximate surface area is 122 Å². The second-order valence-corrected chi connectivity index (χ2v) is 7.28. The molecule has 3 nitrogen and oxygen atoms in total. The van der Waals surface area contributed by atoms with E-state index in [-0.39, 0.29) is 12.1 Å². The number of nitrogens with zero attached hydrogens (tertiary/aromatic N) is 1. The lowest BCUT2D eigenvalue weighted by Crippen LogP contribution is -2.15. The molecule has 3 atom stereocenters. The molecule has 0 saturated carbocycles. The van der Waals surface area contributed by atoms with Crippen molar-refractivity contribution in [2.75, 3.05) is 0 Å². The van der Waals surface area contributed by atoms with Gasteiger partial charge in [0, 0.05) is 6.04 Å². The van der Waals surface area contributed by atoms with Gasteiger partial charge in [-0.1, -0.05) is 50.0 Å². The van der Waals surface area contributed by atoms with Crippen molar-refractivity contribution in [3.05, 3.63) is 42.5 Å². The fourth-order valence-corrected chi connectivity index (χ4v) is 4.41. The van der Waals surface area contributed by atoms with Crippen molar-refractivity contribution in [1.82, 2.24) is 4.31 Å². The molecule has 1 fully saturated rings. The minimum Gasteiger partial charge on any atom is -0.207 e. The fourth-order valence-electron chi connectivity index (χ4n) is 2.61. The Morgan fingerprint density at radius 2 is 1.90 bits per heavy atom. The second kappa shape index (κ2) is 6.10. The lowest BCUT2D eigenvalue weighted by atomic mass is 10.1. The zero-order valence-electron chi connectivity index (χ0n) is 12.2. The summed E-state index contributed by atoms with van der Waals surface area (Å²) in [4.78, 5) is 0.382. The monoisotopic (exact) mass is 293 g/mol. The number of hydrogen-bond donors (Lipinski definition) is 0. The Bertz CT molecular complexity index is 563. The van der Waals surface area contributed by atoms with Crippen molar-refractivity contribution in [3.8, 4) is 0 Å². The summed E-state index contributed by atoms with van der Waals surface area (Å²) in [6, 6.07) is 7.12. The van der Waals surface area contributed by atoms with Gasteiger partial charge in [0.15, 0.2) is 0 Å². The van der Waals surface area contributed by atoms with E-state index in [9.17, 15) is 8.42 Å². The zero-order valence-corrected chi connectivity index (χ0v) is 13.1. The molecule has 0 aliphatic carbocycles. The molecule has 0 radical (unpaired) electrons. The van der Waals surface area contributed by atoms with Gasteiger partial charge >= 0.3 is 0 Å². The Hall–Kier alpha value is -1.13. The smallest absolute Gasteiger partial charge is 0.207 e. The van der Waals surface area contributed by atoms with Crippen LogP contribution in [0.1, 0.15) is 38.2 Å². The van der Waals surface area contributed by atoms with Crippen LogP contribution >= 0.6 is 0 Å². The summed E-state index contributed by atoms with van der Waals surface area (Å²) in [7, 11) is -3.37. The molecule has 0 amide bonds. The number of sulfonamides is 1. The lowest BCUT2D eigenvalue weighted by molar-refractivity contribution is 0.538. The summed E-state index contributed by atoms with van der Waals surface area (Å²) in [6.45, 7) is 7.87. The minimum atomic E-state index is -3.37. The van der Waals surface area contributed by atoms with Crippen molar-refractivity contribution >= 4 is 10.0 Å². The van der Waals surface area contributed by atoms with Gasteiger partial charge in [0.05, 0.1) is 10.9 Å². The number of rotatable bonds is 7. The van der Waals surface area contributed by atoms with Crippen LogP contribution in [0.4, 0.5) is 0 Å². The van der Waals surface area contributed by atoms with Crippen molar-refractivity contribution in [3.63, 3.8) is 0 Å². The molecule has 20 heavy (non-hydrogen) atoms. The van der Waals surface area contributed by atoms with E-state index in [1.54, 1.807) is 22.5 Å². The van der Waals surface area contributed by atoms with Gasteiger partial charge in [-0.25, -0.2) is 8.42 Å². The van der Waals surface area contributed by atoms with Gasteiger partial charge in [-0.15, -0.1) is 6.58 Å². The summed E-state index contributed by atoms with van der Waals surface area (Å²) in [5, 5.41) is 0. The molecule has 1 unspecified atom stereocenters. The van der Waals surface area contributed by atoms with Crippen LogP contribution in [0.2, 0.25) is 0 Å². The van der Waals surface area contributed by atoms with E-state index in [0.717, 1.165) is 31.2 Å². The van der Waals surface area contributed by atoms with Crippen molar-refractivity contribution in [1.29, 1.82) is 0 Å². The first-order valence-electron chi connectivity index (χ1n) is 7.25. The van der Waals surface area contributed by atoms with E-state index in [2.05, 4.69) is 13.5 Å². The van der Waals surface area contributed by atoms with E-state index in [4.69, 9.17) is 0 Å². The highest BCUT2D eigenvalue weighted by Crippen LogP contribution is 2.39. The zero-order chi connectivity index (χ0) is 14.8. The molecule has 1 saturated heterocycles. The van der Waals surface area contributed by atoms with Crippen LogP contribution < -0.4 is 0 Å². The molecule has 2 rings (SSSR count). The Morgan fingerprint density at radius 1 is 1.25 bits per heavy atom.